The number of rotatable bonds is 18. The number of carboxylic acids is 1. The van der Waals surface area contributed by atoms with Crippen LogP contribution in [-0.2, 0) is 35.1 Å². The van der Waals surface area contributed by atoms with Gasteiger partial charge in [-0.2, -0.15) is 8.78 Å². The summed E-state index contributed by atoms with van der Waals surface area (Å²) < 4.78 is 34.3. The lowest BCUT2D eigenvalue weighted by Gasteiger charge is -2.27. The molecule has 0 bridgehead atoms. The minimum absolute atomic E-state index is 0.00140. The topological polar surface area (TPSA) is 122 Å². The zero-order chi connectivity index (χ0) is 28.8. The number of halogens is 2. The summed E-state index contributed by atoms with van der Waals surface area (Å²) in [6.07, 6.45) is 0.606. The third kappa shape index (κ3) is 12.8. The van der Waals surface area contributed by atoms with E-state index >= 15 is 0 Å². The van der Waals surface area contributed by atoms with E-state index < -0.39 is 55.2 Å². The molecule has 1 aromatic rings. The number of nitrogens with one attached hydrogen (secondary N) is 1. The monoisotopic (exact) mass is 554 g/mol. The van der Waals surface area contributed by atoms with Crippen LogP contribution >= 0.6 is 0 Å². The van der Waals surface area contributed by atoms with Crippen LogP contribution in [0.4, 0.5) is 8.78 Å². The zero-order valence-corrected chi connectivity index (χ0v) is 22.7. The Kier molecular flexibility index (Phi) is 14.2. The Morgan fingerprint density at radius 2 is 1.72 bits per heavy atom. The first-order valence-corrected chi connectivity index (χ1v) is 13.4. The maximum absolute atomic E-state index is 13.4. The largest absolute Gasteiger partial charge is 0.481 e. The molecule has 9 nitrogen and oxygen atoms in total. The molecule has 0 aromatic heterocycles. The number of amides is 1. The van der Waals surface area contributed by atoms with Gasteiger partial charge >= 0.3 is 12.6 Å². The van der Waals surface area contributed by atoms with Gasteiger partial charge in [0.15, 0.2) is 5.78 Å². The number of Topliss-reactive ketones (excluding diaryl/α,β-unsaturated/α-hetero) is 2. The highest BCUT2D eigenvalue weighted by Crippen LogP contribution is 2.18. The second kappa shape index (κ2) is 17.0. The van der Waals surface area contributed by atoms with Gasteiger partial charge in [0.25, 0.3) is 0 Å². The molecule has 1 aromatic carbocycles. The summed E-state index contributed by atoms with van der Waals surface area (Å²) in [7, 11) is 0. The lowest BCUT2D eigenvalue weighted by molar-refractivity contribution is -0.161. The lowest BCUT2D eigenvalue weighted by Crippen LogP contribution is -2.46. The molecule has 2 N–H and O–H groups in total. The number of carboxylic acid groups (broad SMARTS) is 1. The highest BCUT2D eigenvalue weighted by Gasteiger charge is 2.31. The van der Waals surface area contributed by atoms with E-state index in [0.29, 0.717) is 39.1 Å². The number of aryl methyl sites for hydroxylation is 1. The molecule has 3 atom stereocenters. The molecule has 1 aliphatic heterocycles. The van der Waals surface area contributed by atoms with E-state index in [2.05, 4.69) is 10.1 Å². The van der Waals surface area contributed by atoms with E-state index in [4.69, 9.17) is 4.74 Å². The summed E-state index contributed by atoms with van der Waals surface area (Å²) in [5.41, 5.74) is 1.01. The van der Waals surface area contributed by atoms with E-state index in [-0.39, 0.29) is 31.1 Å². The molecule has 1 aliphatic rings. The molecule has 0 radical (unpaired) electrons. The van der Waals surface area contributed by atoms with Gasteiger partial charge in [-0.05, 0) is 30.7 Å². The minimum atomic E-state index is -3.16. The van der Waals surface area contributed by atoms with E-state index in [1.165, 1.54) is 0 Å². The van der Waals surface area contributed by atoms with Gasteiger partial charge in [0.2, 0.25) is 5.91 Å². The van der Waals surface area contributed by atoms with Crippen molar-refractivity contribution >= 4 is 23.4 Å². The number of ether oxygens (including phenoxy) is 2. The quantitative estimate of drug-likeness (QED) is 0.284. The van der Waals surface area contributed by atoms with E-state index in [0.717, 1.165) is 5.56 Å². The van der Waals surface area contributed by atoms with Gasteiger partial charge in [0.05, 0.1) is 38.3 Å². The van der Waals surface area contributed by atoms with Crippen molar-refractivity contribution in [1.82, 2.24) is 10.2 Å². The average Bonchev–Trinajstić information content (AvgIpc) is 2.88. The van der Waals surface area contributed by atoms with E-state index in [1.807, 2.05) is 49.1 Å². The van der Waals surface area contributed by atoms with Crippen LogP contribution in [0.2, 0.25) is 0 Å². The van der Waals surface area contributed by atoms with Gasteiger partial charge < -0.3 is 19.9 Å². The molecular formula is C28H40F2N2O7. The summed E-state index contributed by atoms with van der Waals surface area (Å²) >= 11 is 0. The fourth-order valence-corrected chi connectivity index (χ4v) is 4.48. The number of carbonyl (C=O) groups excluding carboxylic acids is 3. The van der Waals surface area contributed by atoms with Crippen molar-refractivity contribution in [3.05, 3.63) is 35.9 Å². The Morgan fingerprint density at radius 1 is 1.05 bits per heavy atom. The Balaban J connectivity index is 2.12. The standard InChI is InChI=1S/C28H40F2N2O7/c1-19(2)14-24(25(34)16-22(27(36)37)18-39-28(29)30)31-26(35)21(9-8-20-6-4-3-5-7-20)15-23(33)17-32-10-12-38-13-11-32/h3-7,19,21-22,24,28H,8-18H2,1-2H3,(H,31,35)(H,36,37)/t21-,22+,24+/m1/s1. The predicted molar refractivity (Wildman–Crippen MR) is 139 cm³/mol. The maximum Gasteiger partial charge on any atom is 0.345 e. The summed E-state index contributed by atoms with van der Waals surface area (Å²) in [5.74, 6) is -4.76. The number of carbonyl (C=O) groups is 4. The molecule has 11 heteroatoms. The molecular weight excluding hydrogens is 514 g/mol. The van der Waals surface area contributed by atoms with Gasteiger partial charge in [0, 0.05) is 31.8 Å². The SMILES string of the molecule is CC(C)C[C@H](NC(=O)[C@H](CCc1ccccc1)CC(=O)CN1CCOCC1)C(=O)C[C@@H](COC(F)F)C(=O)O. The van der Waals surface area contributed by atoms with Crippen LogP contribution in [0.1, 0.15) is 45.1 Å². The zero-order valence-electron chi connectivity index (χ0n) is 22.7. The van der Waals surface area contributed by atoms with E-state index in [1.54, 1.807) is 0 Å². The van der Waals surface area contributed by atoms with Gasteiger partial charge in [-0.25, -0.2) is 0 Å². The number of benzene rings is 1. The highest BCUT2D eigenvalue weighted by molar-refractivity contribution is 5.93. The molecule has 2 rings (SSSR count). The Labute approximate surface area is 228 Å². The molecule has 0 saturated carbocycles. The molecule has 39 heavy (non-hydrogen) atoms. The van der Waals surface area contributed by atoms with Gasteiger partial charge in [-0.15, -0.1) is 0 Å². The summed E-state index contributed by atoms with van der Waals surface area (Å²) in [6.45, 7) is 2.28. The molecule has 1 amide bonds. The predicted octanol–water partition coefficient (Wildman–Crippen LogP) is 2.96. The van der Waals surface area contributed by atoms with Gasteiger partial charge in [-0.1, -0.05) is 44.2 Å². The number of hydrogen-bond donors (Lipinski definition) is 2. The van der Waals surface area contributed by atoms with Crippen LogP contribution in [0.25, 0.3) is 0 Å². The number of alkyl halides is 2. The summed E-state index contributed by atoms with van der Waals surface area (Å²) in [4.78, 5) is 52.9. The van der Waals surface area contributed by atoms with Crippen LogP contribution in [0.5, 0.6) is 0 Å². The number of nitrogens with zero attached hydrogens (tertiary/aromatic N) is 1. The molecule has 0 unspecified atom stereocenters. The first-order chi connectivity index (χ1) is 18.5. The first-order valence-electron chi connectivity index (χ1n) is 13.4. The highest BCUT2D eigenvalue weighted by atomic mass is 19.3. The number of morpholine rings is 1. The molecule has 0 aliphatic carbocycles. The fraction of sp³-hybridized carbons (Fsp3) is 0.643. The molecule has 218 valence electrons. The van der Waals surface area contributed by atoms with Crippen molar-refractivity contribution in [2.24, 2.45) is 17.8 Å². The van der Waals surface area contributed by atoms with Gasteiger partial charge in [-0.3, -0.25) is 24.1 Å². The van der Waals surface area contributed by atoms with Crippen LogP contribution in [0.3, 0.4) is 0 Å². The van der Waals surface area contributed by atoms with Crippen molar-refractivity contribution in [3.8, 4) is 0 Å². The number of ketones is 2. The minimum Gasteiger partial charge on any atom is -0.481 e. The summed E-state index contributed by atoms with van der Waals surface area (Å²) in [5, 5.41) is 12.1. The molecule has 1 heterocycles. The Hall–Kier alpha value is -2.76. The van der Waals surface area contributed by atoms with Crippen LogP contribution < -0.4 is 5.32 Å². The number of aliphatic carboxylic acids is 1. The smallest absolute Gasteiger partial charge is 0.345 e. The maximum atomic E-state index is 13.4. The molecule has 1 fully saturated rings. The Bertz CT molecular complexity index is 924. The average molecular weight is 555 g/mol. The fourth-order valence-electron chi connectivity index (χ4n) is 4.48. The third-order valence-electron chi connectivity index (χ3n) is 6.61. The second-order valence-electron chi connectivity index (χ2n) is 10.3. The van der Waals surface area contributed by atoms with Crippen molar-refractivity contribution in [3.63, 3.8) is 0 Å². The second-order valence-corrected chi connectivity index (χ2v) is 10.3. The number of hydrogen-bond acceptors (Lipinski definition) is 7. The van der Waals surface area contributed by atoms with Crippen molar-refractivity contribution in [1.29, 1.82) is 0 Å². The first kappa shape index (κ1) is 32.5. The lowest BCUT2D eigenvalue weighted by atomic mass is 9.90. The van der Waals surface area contributed by atoms with E-state index in [9.17, 15) is 33.1 Å². The summed E-state index contributed by atoms with van der Waals surface area (Å²) in [6, 6.07) is 8.52. The molecule has 0 spiro atoms. The van der Waals surface area contributed by atoms with Crippen molar-refractivity contribution in [2.75, 3.05) is 39.5 Å². The normalized spacial score (nSPS) is 16.6. The Morgan fingerprint density at radius 3 is 2.31 bits per heavy atom. The van der Waals surface area contributed by atoms with Gasteiger partial charge in [0.1, 0.15) is 5.78 Å². The van der Waals surface area contributed by atoms with Crippen molar-refractivity contribution < 1.29 is 42.5 Å². The van der Waals surface area contributed by atoms with Crippen LogP contribution in [-0.4, -0.2) is 85.6 Å². The van der Waals surface area contributed by atoms with Crippen molar-refractivity contribution in [2.45, 2.75) is 58.6 Å². The molecule has 1 saturated heterocycles. The third-order valence-corrected chi connectivity index (χ3v) is 6.61. The van der Waals surface area contributed by atoms with Crippen LogP contribution in [0, 0.1) is 17.8 Å². The van der Waals surface area contributed by atoms with Crippen LogP contribution in [0.15, 0.2) is 30.3 Å².